The molecular weight excluding hydrogens is 266 g/mol. The Bertz CT molecular complexity index is 636. The second-order valence-electron chi connectivity index (χ2n) is 5.29. The highest BCUT2D eigenvalue weighted by Crippen LogP contribution is 2.18. The number of benzene rings is 1. The normalized spacial score (nSPS) is 17.1. The van der Waals surface area contributed by atoms with Crippen molar-refractivity contribution in [3.8, 4) is 5.75 Å². The van der Waals surface area contributed by atoms with Crippen LogP contribution in [0.4, 0.5) is 0 Å². The lowest BCUT2D eigenvalue weighted by molar-refractivity contribution is -0.121. The van der Waals surface area contributed by atoms with Crippen molar-refractivity contribution < 1.29 is 9.53 Å². The first-order chi connectivity index (χ1) is 10.3. The maximum atomic E-state index is 12.2. The Kier molecular flexibility index (Phi) is 3.90. The fourth-order valence-electron chi connectivity index (χ4n) is 2.79. The Morgan fingerprint density at radius 1 is 1.43 bits per heavy atom. The van der Waals surface area contributed by atoms with E-state index in [9.17, 15) is 4.79 Å². The summed E-state index contributed by atoms with van der Waals surface area (Å²) < 4.78 is 7.28. The van der Waals surface area contributed by atoms with E-state index in [1.54, 1.807) is 7.11 Å². The smallest absolute Gasteiger partial charge is 0.224 e. The third kappa shape index (κ3) is 3.07. The summed E-state index contributed by atoms with van der Waals surface area (Å²) in [5.41, 5.74) is 2.10. The molecule has 1 N–H and O–H groups in total. The number of nitrogens with zero attached hydrogens (tertiary/aromatic N) is 2. The summed E-state index contributed by atoms with van der Waals surface area (Å²) in [5, 5.41) is 7.36. The van der Waals surface area contributed by atoms with E-state index in [-0.39, 0.29) is 11.9 Å². The van der Waals surface area contributed by atoms with Crippen molar-refractivity contribution in [2.45, 2.75) is 31.8 Å². The number of rotatable bonds is 4. The van der Waals surface area contributed by atoms with Gasteiger partial charge in [-0.3, -0.25) is 9.48 Å². The Morgan fingerprint density at radius 2 is 2.29 bits per heavy atom. The van der Waals surface area contributed by atoms with E-state index in [4.69, 9.17) is 4.74 Å². The van der Waals surface area contributed by atoms with Crippen LogP contribution < -0.4 is 10.1 Å². The van der Waals surface area contributed by atoms with E-state index in [1.165, 1.54) is 5.69 Å². The second-order valence-corrected chi connectivity index (χ2v) is 5.29. The summed E-state index contributed by atoms with van der Waals surface area (Å²) in [6, 6.07) is 9.83. The van der Waals surface area contributed by atoms with Crippen LogP contribution in [0.2, 0.25) is 0 Å². The van der Waals surface area contributed by atoms with E-state index in [2.05, 4.69) is 10.4 Å². The highest BCUT2D eigenvalue weighted by atomic mass is 16.5. The van der Waals surface area contributed by atoms with Gasteiger partial charge >= 0.3 is 0 Å². The van der Waals surface area contributed by atoms with E-state index in [0.29, 0.717) is 6.42 Å². The largest absolute Gasteiger partial charge is 0.496 e. The van der Waals surface area contributed by atoms with E-state index in [1.807, 2.05) is 41.2 Å². The first kappa shape index (κ1) is 13.7. The molecule has 0 saturated carbocycles. The number of nitrogens with one attached hydrogen (secondary N) is 1. The molecule has 1 atom stereocenters. The molecule has 110 valence electrons. The maximum absolute atomic E-state index is 12.2. The van der Waals surface area contributed by atoms with Crippen molar-refractivity contribution in [3.05, 3.63) is 47.8 Å². The molecule has 0 aliphatic carbocycles. The average molecular weight is 285 g/mol. The van der Waals surface area contributed by atoms with E-state index >= 15 is 0 Å². The topological polar surface area (TPSA) is 56.1 Å². The number of carbonyl (C=O) groups excluding carboxylic acids is 1. The monoisotopic (exact) mass is 285 g/mol. The van der Waals surface area contributed by atoms with Crippen LogP contribution in [0.5, 0.6) is 5.75 Å². The van der Waals surface area contributed by atoms with Crippen LogP contribution in [0.25, 0.3) is 0 Å². The molecule has 0 bridgehead atoms. The predicted molar refractivity (Wildman–Crippen MR) is 79.2 cm³/mol. The number of aryl methyl sites for hydroxylation is 1. The van der Waals surface area contributed by atoms with Crippen LogP contribution in [-0.2, 0) is 24.2 Å². The summed E-state index contributed by atoms with van der Waals surface area (Å²) in [7, 11) is 1.62. The molecule has 21 heavy (non-hydrogen) atoms. The Morgan fingerprint density at radius 3 is 3.14 bits per heavy atom. The van der Waals surface area contributed by atoms with Gasteiger partial charge in [0.1, 0.15) is 5.75 Å². The molecule has 1 aliphatic rings. The standard InChI is InChI=1S/C16H19N3O2/c1-21-15-5-3-2-4-12(15)10-16(20)18-13-7-9-19-14(11-13)6-8-17-19/h2-6,8,13H,7,9-11H2,1H3,(H,18,20)/t13-/m0/s1. The van der Waals surface area contributed by atoms with Crippen LogP contribution in [0.3, 0.4) is 0 Å². The molecule has 2 heterocycles. The molecule has 1 amide bonds. The van der Waals surface area contributed by atoms with Crippen LogP contribution >= 0.6 is 0 Å². The summed E-state index contributed by atoms with van der Waals surface area (Å²) in [4.78, 5) is 12.2. The number of aromatic nitrogens is 2. The predicted octanol–water partition coefficient (Wildman–Crippen LogP) is 1.57. The lowest BCUT2D eigenvalue weighted by Gasteiger charge is -2.24. The quantitative estimate of drug-likeness (QED) is 0.927. The summed E-state index contributed by atoms with van der Waals surface area (Å²) in [6.07, 6.45) is 3.93. The van der Waals surface area contributed by atoms with Crippen molar-refractivity contribution in [3.63, 3.8) is 0 Å². The minimum absolute atomic E-state index is 0.0393. The number of hydrogen-bond acceptors (Lipinski definition) is 3. The van der Waals surface area contributed by atoms with Crippen molar-refractivity contribution in [1.29, 1.82) is 0 Å². The fraction of sp³-hybridized carbons (Fsp3) is 0.375. The third-order valence-electron chi connectivity index (χ3n) is 3.86. The highest BCUT2D eigenvalue weighted by Gasteiger charge is 2.20. The Labute approximate surface area is 123 Å². The van der Waals surface area contributed by atoms with Gasteiger partial charge in [-0.15, -0.1) is 0 Å². The summed E-state index contributed by atoms with van der Waals surface area (Å²) >= 11 is 0. The van der Waals surface area contributed by atoms with Crippen molar-refractivity contribution in [2.75, 3.05) is 7.11 Å². The van der Waals surface area contributed by atoms with Gasteiger partial charge in [0.2, 0.25) is 5.91 Å². The molecule has 0 fully saturated rings. The lowest BCUT2D eigenvalue weighted by Crippen LogP contribution is -2.40. The first-order valence-electron chi connectivity index (χ1n) is 7.18. The van der Waals surface area contributed by atoms with Crippen LogP contribution in [0, 0.1) is 0 Å². The number of carbonyl (C=O) groups is 1. The average Bonchev–Trinajstić information content (AvgIpc) is 2.95. The van der Waals surface area contributed by atoms with Crippen molar-refractivity contribution in [1.82, 2.24) is 15.1 Å². The number of para-hydroxylation sites is 1. The van der Waals surface area contributed by atoms with Crippen LogP contribution in [0.1, 0.15) is 17.7 Å². The van der Waals surface area contributed by atoms with Crippen molar-refractivity contribution >= 4 is 5.91 Å². The molecule has 0 unspecified atom stereocenters. The van der Waals surface area contributed by atoms with Gasteiger partial charge in [0.25, 0.3) is 0 Å². The minimum atomic E-state index is 0.0393. The van der Waals surface area contributed by atoms with Gasteiger partial charge in [-0.25, -0.2) is 0 Å². The molecule has 3 rings (SSSR count). The molecule has 0 spiro atoms. The molecule has 5 nitrogen and oxygen atoms in total. The van der Waals surface area contributed by atoms with Gasteiger partial charge in [0, 0.05) is 36.5 Å². The Balaban J connectivity index is 1.60. The molecule has 1 aliphatic heterocycles. The molecule has 0 saturated heterocycles. The highest BCUT2D eigenvalue weighted by molar-refractivity contribution is 5.79. The zero-order chi connectivity index (χ0) is 14.7. The van der Waals surface area contributed by atoms with Gasteiger partial charge < -0.3 is 10.1 Å². The molecule has 2 aromatic rings. The molecule has 5 heteroatoms. The van der Waals surface area contributed by atoms with E-state index < -0.39 is 0 Å². The third-order valence-corrected chi connectivity index (χ3v) is 3.86. The van der Waals surface area contributed by atoms with Gasteiger partial charge in [0.15, 0.2) is 0 Å². The fourth-order valence-corrected chi connectivity index (χ4v) is 2.79. The molecule has 1 aromatic heterocycles. The number of methoxy groups -OCH3 is 1. The molecule has 1 aromatic carbocycles. The number of amides is 1. The number of fused-ring (bicyclic) bond motifs is 1. The SMILES string of the molecule is COc1ccccc1CC(=O)N[C@H]1CCn2nccc2C1. The van der Waals surface area contributed by atoms with Crippen LogP contribution in [0.15, 0.2) is 36.5 Å². The van der Waals surface area contributed by atoms with Crippen molar-refractivity contribution in [2.24, 2.45) is 0 Å². The second kappa shape index (κ2) is 5.99. The van der Waals surface area contributed by atoms with Crippen LogP contribution in [-0.4, -0.2) is 28.8 Å². The first-order valence-corrected chi connectivity index (χ1v) is 7.18. The Hall–Kier alpha value is -2.30. The zero-order valence-electron chi connectivity index (χ0n) is 12.1. The van der Waals surface area contributed by atoms with Gasteiger partial charge in [0.05, 0.1) is 13.5 Å². The molecule has 0 radical (unpaired) electrons. The summed E-state index contributed by atoms with van der Waals surface area (Å²) in [6.45, 7) is 0.863. The summed E-state index contributed by atoms with van der Waals surface area (Å²) in [5.74, 6) is 0.798. The lowest BCUT2D eigenvalue weighted by atomic mass is 10.0. The van der Waals surface area contributed by atoms with Gasteiger partial charge in [-0.05, 0) is 18.6 Å². The van der Waals surface area contributed by atoms with Gasteiger partial charge in [-0.1, -0.05) is 18.2 Å². The zero-order valence-corrected chi connectivity index (χ0v) is 12.1. The maximum Gasteiger partial charge on any atom is 0.224 e. The number of hydrogen-bond donors (Lipinski definition) is 1. The molecular formula is C16H19N3O2. The minimum Gasteiger partial charge on any atom is -0.496 e. The number of ether oxygens (including phenoxy) is 1. The van der Waals surface area contributed by atoms with Gasteiger partial charge in [-0.2, -0.15) is 5.10 Å². The van der Waals surface area contributed by atoms with E-state index in [0.717, 1.165) is 30.7 Å².